The van der Waals surface area contributed by atoms with Gasteiger partial charge in [-0.1, -0.05) is 18.2 Å². The van der Waals surface area contributed by atoms with Crippen molar-refractivity contribution in [3.63, 3.8) is 0 Å². The Hall–Kier alpha value is -2.30. The lowest BCUT2D eigenvalue weighted by Gasteiger charge is -2.04. The second kappa shape index (κ2) is 4.48. The van der Waals surface area contributed by atoms with Crippen LogP contribution in [0.25, 0.3) is 0 Å². The molecule has 0 aliphatic heterocycles. The number of rotatable bonds is 2. The van der Waals surface area contributed by atoms with Crippen LogP contribution in [0.5, 0.6) is 0 Å². The molecule has 0 fully saturated rings. The molecule has 16 heavy (non-hydrogen) atoms. The SMILES string of the molecule is Cc1ncc(NC(=O)Nc2ccccc2)o1. The number of anilines is 2. The highest BCUT2D eigenvalue weighted by molar-refractivity contribution is 5.98. The third-order valence-corrected chi connectivity index (χ3v) is 1.89. The average molecular weight is 217 g/mol. The maximum Gasteiger partial charge on any atom is 0.326 e. The molecule has 1 heterocycles. The summed E-state index contributed by atoms with van der Waals surface area (Å²) in [6.45, 7) is 1.71. The average Bonchev–Trinajstić information content (AvgIpc) is 2.65. The summed E-state index contributed by atoms with van der Waals surface area (Å²) in [6.07, 6.45) is 1.46. The first-order valence-electron chi connectivity index (χ1n) is 4.79. The van der Waals surface area contributed by atoms with E-state index in [9.17, 15) is 4.79 Å². The normalized spacial score (nSPS) is 9.81. The number of aryl methyl sites for hydroxylation is 1. The summed E-state index contributed by atoms with van der Waals surface area (Å²) < 4.78 is 5.11. The number of amides is 2. The van der Waals surface area contributed by atoms with Gasteiger partial charge in [-0.15, -0.1) is 0 Å². The Morgan fingerprint density at radius 3 is 2.62 bits per heavy atom. The Morgan fingerprint density at radius 1 is 1.25 bits per heavy atom. The molecule has 0 saturated heterocycles. The molecule has 0 saturated carbocycles. The topological polar surface area (TPSA) is 67.2 Å². The first-order chi connectivity index (χ1) is 7.74. The number of carbonyl (C=O) groups excluding carboxylic acids is 1. The van der Waals surface area contributed by atoms with Gasteiger partial charge in [0.15, 0.2) is 5.89 Å². The van der Waals surface area contributed by atoms with E-state index in [1.54, 1.807) is 19.1 Å². The molecule has 2 amide bonds. The molecule has 2 aromatic rings. The fourth-order valence-electron chi connectivity index (χ4n) is 1.21. The van der Waals surface area contributed by atoms with Crippen LogP contribution in [0.4, 0.5) is 16.4 Å². The molecular formula is C11H11N3O2. The molecule has 0 spiro atoms. The predicted octanol–water partition coefficient (Wildman–Crippen LogP) is 2.63. The van der Waals surface area contributed by atoms with Crippen LogP contribution < -0.4 is 10.6 Å². The zero-order valence-corrected chi connectivity index (χ0v) is 8.73. The van der Waals surface area contributed by atoms with E-state index in [2.05, 4.69) is 15.6 Å². The molecule has 0 aliphatic rings. The zero-order chi connectivity index (χ0) is 11.4. The second-order valence-electron chi connectivity index (χ2n) is 3.19. The molecule has 0 atom stereocenters. The third kappa shape index (κ3) is 2.60. The Bertz CT molecular complexity index is 479. The van der Waals surface area contributed by atoms with Gasteiger partial charge >= 0.3 is 6.03 Å². The molecule has 82 valence electrons. The Kier molecular flexibility index (Phi) is 2.86. The molecule has 0 unspecified atom stereocenters. The quantitative estimate of drug-likeness (QED) is 0.812. The monoisotopic (exact) mass is 217 g/mol. The maximum atomic E-state index is 11.5. The highest BCUT2D eigenvalue weighted by Crippen LogP contribution is 2.10. The number of benzene rings is 1. The van der Waals surface area contributed by atoms with Crippen molar-refractivity contribution in [2.24, 2.45) is 0 Å². The largest absolute Gasteiger partial charge is 0.425 e. The number of aromatic nitrogens is 1. The van der Waals surface area contributed by atoms with Gasteiger partial charge in [-0.25, -0.2) is 9.78 Å². The molecule has 2 N–H and O–H groups in total. The molecule has 0 bridgehead atoms. The lowest BCUT2D eigenvalue weighted by atomic mass is 10.3. The summed E-state index contributed by atoms with van der Waals surface area (Å²) >= 11 is 0. The van der Waals surface area contributed by atoms with Crippen LogP contribution in [0, 0.1) is 6.92 Å². The third-order valence-electron chi connectivity index (χ3n) is 1.89. The number of oxazole rings is 1. The van der Waals surface area contributed by atoms with Gasteiger partial charge in [0.2, 0.25) is 5.88 Å². The van der Waals surface area contributed by atoms with Gasteiger partial charge in [0, 0.05) is 12.6 Å². The van der Waals surface area contributed by atoms with Gasteiger partial charge in [-0.3, -0.25) is 5.32 Å². The fourth-order valence-corrected chi connectivity index (χ4v) is 1.21. The minimum absolute atomic E-state index is 0.325. The summed E-state index contributed by atoms with van der Waals surface area (Å²) in [5.41, 5.74) is 0.719. The number of carbonyl (C=O) groups is 1. The lowest BCUT2D eigenvalue weighted by molar-refractivity contribution is 0.261. The highest BCUT2D eigenvalue weighted by Gasteiger charge is 2.05. The molecule has 5 heteroatoms. The van der Waals surface area contributed by atoms with E-state index in [-0.39, 0.29) is 6.03 Å². The number of nitrogens with one attached hydrogen (secondary N) is 2. The summed E-state index contributed by atoms with van der Waals surface area (Å²) in [6, 6.07) is 8.80. The number of hydrogen-bond donors (Lipinski definition) is 2. The van der Waals surface area contributed by atoms with Gasteiger partial charge < -0.3 is 9.73 Å². The highest BCUT2D eigenvalue weighted by atomic mass is 16.4. The molecule has 0 radical (unpaired) electrons. The Morgan fingerprint density at radius 2 is 2.00 bits per heavy atom. The lowest BCUT2D eigenvalue weighted by Crippen LogP contribution is -2.18. The van der Waals surface area contributed by atoms with E-state index in [0.29, 0.717) is 11.8 Å². The molecular weight excluding hydrogens is 206 g/mol. The summed E-state index contributed by atoms with van der Waals surface area (Å²) in [5, 5.41) is 5.19. The molecule has 1 aromatic heterocycles. The van der Waals surface area contributed by atoms with E-state index in [4.69, 9.17) is 4.42 Å². The smallest absolute Gasteiger partial charge is 0.326 e. The van der Waals surface area contributed by atoms with Crippen LogP contribution in [0.3, 0.4) is 0 Å². The van der Waals surface area contributed by atoms with Crippen molar-refractivity contribution in [2.45, 2.75) is 6.92 Å². The standard InChI is InChI=1S/C11H11N3O2/c1-8-12-7-10(16-8)14-11(15)13-9-5-3-2-4-6-9/h2-7H,1H3,(H2,13,14,15). The second-order valence-corrected chi connectivity index (χ2v) is 3.19. The van der Waals surface area contributed by atoms with E-state index in [1.165, 1.54) is 6.20 Å². The minimum Gasteiger partial charge on any atom is -0.425 e. The van der Waals surface area contributed by atoms with E-state index in [1.807, 2.05) is 18.2 Å². The van der Waals surface area contributed by atoms with Gasteiger partial charge in [0.1, 0.15) is 0 Å². The molecule has 1 aromatic carbocycles. The number of hydrogen-bond acceptors (Lipinski definition) is 3. The Balaban J connectivity index is 1.95. The summed E-state index contributed by atoms with van der Waals surface area (Å²) in [7, 11) is 0. The van der Waals surface area contributed by atoms with Crippen LogP contribution in [-0.4, -0.2) is 11.0 Å². The van der Waals surface area contributed by atoms with Crippen LogP contribution in [0.15, 0.2) is 40.9 Å². The van der Waals surface area contributed by atoms with E-state index in [0.717, 1.165) is 5.69 Å². The predicted molar refractivity (Wildman–Crippen MR) is 60.3 cm³/mol. The van der Waals surface area contributed by atoms with Gasteiger partial charge in [0.25, 0.3) is 0 Å². The first kappa shape index (κ1) is 10.2. The van der Waals surface area contributed by atoms with Crippen molar-refractivity contribution in [3.8, 4) is 0 Å². The van der Waals surface area contributed by atoms with Crippen LogP contribution in [0.2, 0.25) is 0 Å². The van der Waals surface area contributed by atoms with Crippen molar-refractivity contribution in [2.75, 3.05) is 10.6 Å². The number of nitrogens with zero attached hydrogens (tertiary/aromatic N) is 1. The van der Waals surface area contributed by atoms with E-state index >= 15 is 0 Å². The van der Waals surface area contributed by atoms with Crippen molar-refractivity contribution in [1.29, 1.82) is 0 Å². The Labute approximate surface area is 92.5 Å². The number of para-hydroxylation sites is 1. The zero-order valence-electron chi connectivity index (χ0n) is 8.73. The van der Waals surface area contributed by atoms with Crippen molar-refractivity contribution in [3.05, 3.63) is 42.4 Å². The van der Waals surface area contributed by atoms with Crippen LogP contribution in [0.1, 0.15) is 5.89 Å². The van der Waals surface area contributed by atoms with Crippen LogP contribution >= 0.6 is 0 Å². The summed E-state index contributed by atoms with van der Waals surface area (Å²) in [5.74, 6) is 0.834. The summed E-state index contributed by atoms with van der Waals surface area (Å²) in [4.78, 5) is 15.3. The fraction of sp³-hybridized carbons (Fsp3) is 0.0909. The van der Waals surface area contributed by atoms with Gasteiger partial charge in [0.05, 0.1) is 6.20 Å². The van der Waals surface area contributed by atoms with Crippen molar-refractivity contribution >= 4 is 17.6 Å². The molecule has 5 nitrogen and oxygen atoms in total. The van der Waals surface area contributed by atoms with E-state index < -0.39 is 0 Å². The van der Waals surface area contributed by atoms with Crippen molar-refractivity contribution in [1.82, 2.24) is 4.98 Å². The number of urea groups is 1. The first-order valence-corrected chi connectivity index (χ1v) is 4.79. The van der Waals surface area contributed by atoms with Crippen molar-refractivity contribution < 1.29 is 9.21 Å². The molecule has 2 rings (SSSR count). The van der Waals surface area contributed by atoms with Gasteiger partial charge in [-0.2, -0.15) is 0 Å². The minimum atomic E-state index is -0.359. The van der Waals surface area contributed by atoms with Gasteiger partial charge in [-0.05, 0) is 12.1 Å². The molecule has 0 aliphatic carbocycles. The maximum absolute atomic E-state index is 11.5. The van der Waals surface area contributed by atoms with Crippen LogP contribution in [-0.2, 0) is 0 Å².